The van der Waals surface area contributed by atoms with E-state index in [4.69, 9.17) is 9.47 Å². The molecule has 3 N–H and O–H groups in total. The fourth-order valence-electron chi connectivity index (χ4n) is 3.17. The van der Waals surface area contributed by atoms with E-state index in [0.717, 1.165) is 16.7 Å². The van der Waals surface area contributed by atoms with Crippen molar-refractivity contribution in [1.29, 1.82) is 0 Å². The second kappa shape index (κ2) is 9.57. The van der Waals surface area contributed by atoms with E-state index in [9.17, 15) is 14.8 Å². The highest BCUT2D eigenvalue weighted by Gasteiger charge is 2.16. The fraction of sp³-hybridized carbons (Fsp3) is 0.250. The number of amides is 1. The van der Waals surface area contributed by atoms with Crippen LogP contribution in [0.4, 0.5) is 16.2 Å². The van der Waals surface area contributed by atoms with E-state index in [0.29, 0.717) is 23.7 Å². The first-order valence-corrected chi connectivity index (χ1v) is 10.1. The number of nitrogens with one attached hydrogen (secondary N) is 2. The highest BCUT2D eigenvalue weighted by atomic mass is 16.6. The predicted octanol–water partition coefficient (Wildman–Crippen LogP) is 4.72. The van der Waals surface area contributed by atoms with Gasteiger partial charge in [0.05, 0.1) is 25.0 Å². The highest BCUT2D eigenvalue weighted by Crippen LogP contribution is 2.32. The summed E-state index contributed by atoms with van der Waals surface area (Å²) in [5.41, 5.74) is 4.75. The van der Waals surface area contributed by atoms with Gasteiger partial charge in [-0.2, -0.15) is 0 Å². The lowest BCUT2D eigenvalue weighted by Crippen LogP contribution is -2.28. The second-order valence-electron chi connectivity index (χ2n) is 8.24. The molecule has 3 rings (SSSR count). The zero-order valence-electron chi connectivity index (χ0n) is 18.5. The van der Waals surface area contributed by atoms with Gasteiger partial charge in [-0.25, -0.2) is 4.79 Å². The summed E-state index contributed by atoms with van der Waals surface area (Å²) in [5, 5.41) is 11.8. The van der Waals surface area contributed by atoms with Crippen LogP contribution >= 0.6 is 0 Å². The van der Waals surface area contributed by atoms with Gasteiger partial charge >= 0.3 is 6.09 Å². The van der Waals surface area contributed by atoms with Crippen molar-refractivity contribution >= 4 is 17.5 Å². The summed E-state index contributed by atoms with van der Waals surface area (Å²) < 4.78 is 12.2. The van der Waals surface area contributed by atoms with Gasteiger partial charge in [0.15, 0.2) is 0 Å². The first-order valence-electron chi connectivity index (χ1n) is 10.1. The van der Waals surface area contributed by atoms with Gasteiger partial charge in [-0.3, -0.25) is 20.8 Å². The summed E-state index contributed by atoms with van der Waals surface area (Å²) in [6.07, 6.45) is 1.00. The molecular formula is C24H27N3O5. The van der Waals surface area contributed by atoms with E-state index in [2.05, 4.69) is 10.8 Å². The van der Waals surface area contributed by atoms with Crippen LogP contribution in [0.25, 0.3) is 11.1 Å². The maximum Gasteiger partial charge on any atom is 0.412 e. The molecule has 0 unspecified atom stereocenters. The lowest BCUT2D eigenvalue weighted by molar-refractivity contribution is 0.0636. The van der Waals surface area contributed by atoms with Crippen molar-refractivity contribution in [3.8, 4) is 16.9 Å². The Bertz CT molecular complexity index is 1160. The van der Waals surface area contributed by atoms with Crippen LogP contribution in [0.15, 0.2) is 65.6 Å². The van der Waals surface area contributed by atoms with E-state index in [1.165, 1.54) is 10.6 Å². The van der Waals surface area contributed by atoms with Crippen molar-refractivity contribution in [3.05, 3.63) is 76.7 Å². The monoisotopic (exact) mass is 437 g/mol. The van der Waals surface area contributed by atoms with Gasteiger partial charge in [0.25, 0.3) is 5.56 Å². The third-order valence-electron chi connectivity index (χ3n) is 4.56. The molecule has 0 aliphatic heterocycles. The van der Waals surface area contributed by atoms with Crippen molar-refractivity contribution in [3.63, 3.8) is 0 Å². The number of carbonyl (C=O) groups excluding carboxylic acids is 1. The minimum atomic E-state index is -0.627. The second-order valence-corrected chi connectivity index (χ2v) is 8.24. The van der Waals surface area contributed by atoms with Gasteiger partial charge < -0.3 is 14.0 Å². The molecule has 3 aromatic rings. The molecule has 0 radical (unpaired) electrons. The van der Waals surface area contributed by atoms with E-state index in [1.54, 1.807) is 52.3 Å². The van der Waals surface area contributed by atoms with E-state index >= 15 is 0 Å². The third kappa shape index (κ3) is 5.89. The van der Waals surface area contributed by atoms with Crippen LogP contribution in [-0.4, -0.2) is 28.6 Å². The molecule has 0 aliphatic rings. The molecule has 0 fully saturated rings. The predicted molar refractivity (Wildman–Crippen MR) is 123 cm³/mol. The molecule has 0 atom stereocenters. The number of rotatable bonds is 6. The number of benzene rings is 2. The van der Waals surface area contributed by atoms with Gasteiger partial charge in [0, 0.05) is 17.8 Å². The molecule has 1 amide bonds. The number of hydrogen-bond donors (Lipinski definition) is 3. The van der Waals surface area contributed by atoms with Gasteiger partial charge in [0.2, 0.25) is 0 Å². The Morgan fingerprint density at radius 1 is 1.06 bits per heavy atom. The lowest BCUT2D eigenvalue weighted by atomic mass is 10.0. The summed E-state index contributed by atoms with van der Waals surface area (Å²) in [6.45, 7) is 5.64. The van der Waals surface area contributed by atoms with Crippen LogP contribution in [0.5, 0.6) is 5.75 Å². The molecule has 0 saturated heterocycles. The minimum absolute atomic E-state index is 0.262. The molecule has 8 nitrogen and oxygen atoms in total. The molecular weight excluding hydrogens is 410 g/mol. The number of ether oxygens (including phenoxy) is 2. The third-order valence-corrected chi connectivity index (χ3v) is 4.56. The molecule has 0 saturated carbocycles. The first-order chi connectivity index (χ1) is 15.2. The van der Waals surface area contributed by atoms with Gasteiger partial charge in [0.1, 0.15) is 11.4 Å². The molecule has 32 heavy (non-hydrogen) atoms. The van der Waals surface area contributed by atoms with Crippen molar-refractivity contribution in [1.82, 2.24) is 4.57 Å². The normalized spacial score (nSPS) is 11.0. The molecule has 1 aromatic heterocycles. The molecule has 0 aliphatic carbocycles. The van der Waals surface area contributed by atoms with E-state index in [-0.39, 0.29) is 5.56 Å². The van der Waals surface area contributed by atoms with Crippen LogP contribution in [0, 0.1) is 0 Å². The van der Waals surface area contributed by atoms with Crippen LogP contribution in [0.2, 0.25) is 0 Å². The Hall–Kier alpha value is -3.78. The minimum Gasteiger partial charge on any atom is -0.496 e. The average molecular weight is 437 g/mol. The Labute approximate surface area is 186 Å². The summed E-state index contributed by atoms with van der Waals surface area (Å²) in [6, 6.07) is 15.9. The van der Waals surface area contributed by atoms with Crippen LogP contribution in [0.3, 0.4) is 0 Å². The largest absolute Gasteiger partial charge is 0.496 e. The van der Waals surface area contributed by atoms with Gasteiger partial charge in [-0.15, -0.1) is 0 Å². The van der Waals surface area contributed by atoms with Crippen molar-refractivity contribution < 1.29 is 19.5 Å². The topological polar surface area (TPSA) is 102 Å². The SMILES string of the molecule is COc1ccc(Cn2ccc(NC(=O)OC(C)(C)C)cc2=O)cc1-c1cccc(NO)c1. The maximum atomic E-state index is 12.6. The van der Waals surface area contributed by atoms with Crippen LogP contribution in [0.1, 0.15) is 26.3 Å². The quantitative estimate of drug-likeness (QED) is 0.482. The number of anilines is 2. The number of pyridine rings is 1. The number of aromatic nitrogens is 1. The molecule has 0 bridgehead atoms. The van der Waals surface area contributed by atoms with Crippen LogP contribution < -0.4 is 21.1 Å². The van der Waals surface area contributed by atoms with Crippen molar-refractivity contribution in [2.45, 2.75) is 32.9 Å². The summed E-state index contributed by atoms with van der Waals surface area (Å²) in [5.74, 6) is 0.674. The van der Waals surface area contributed by atoms with E-state index in [1.807, 2.05) is 30.3 Å². The number of methoxy groups -OCH3 is 1. The summed E-state index contributed by atoms with van der Waals surface area (Å²) in [4.78, 5) is 24.5. The molecule has 0 spiro atoms. The number of nitrogens with zero attached hydrogens (tertiary/aromatic N) is 1. The maximum absolute atomic E-state index is 12.6. The Kier molecular flexibility index (Phi) is 6.85. The summed E-state index contributed by atoms with van der Waals surface area (Å²) >= 11 is 0. The highest BCUT2D eigenvalue weighted by molar-refractivity contribution is 5.84. The van der Waals surface area contributed by atoms with Crippen LogP contribution in [-0.2, 0) is 11.3 Å². The molecule has 8 heteroatoms. The lowest BCUT2D eigenvalue weighted by Gasteiger charge is -2.19. The Morgan fingerprint density at radius 3 is 2.50 bits per heavy atom. The molecule has 168 valence electrons. The number of hydrogen-bond acceptors (Lipinski definition) is 6. The fourth-order valence-corrected chi connectivity index (χ4v) is 3.17. The Morgan fingerprint density at radius 2 is 1.84 bits per heavy atom. The van der Waals surface area contributed by atoms with Gasteiger partial charge in [-0.1, -0.05) is 18.2 Å². The van der Waals surface area contributed by atoms with Crippen molar-refractivity contribution in [2.75, 3.05) is 17.9 Å². The van der Waals surface area contributed by atoms with Gasteiger partial charge in [-0.05, 0) is 62.2 Å². The Balaban J connectivity index is 1.83. The standard InChI is InChI=1S/C24H27N3O5/c1-24(2,3)32-23(29)25-18-10-11-27(22(28)14-18)15-16-8-9-21(31-4)20(12-16)17-6-5-7-19(13-17)26-30/h5-14,26,30H,15H2,1-4H3,(H,25,29). The van der Waals surface area contributed by atoms with Crippen molar-refractivity contribution in [2.24, 2.45) is 0 Å². The number of carbonyl (C=O) groups is 1. The zero-order chi connectivity index (χ0) is 23.3. The summed E-state index contributed by atoms with van der Waals surface area (Å²) in [7, 11) is 1.59. The molecule has 1 heterocycles. The van der Waals surface area contributed by atoms with E-state index < -0.39 is 11.7 Å². The smallest absolute Gasteiger partial charge is 0.412 e. The zero-order valence-corrected chi connectivity index (χ0v) is 18.5. The molecule has 2 aromatic carbocycles. The average Bonchev–Trinajstić information content (AvgIpc) is 2.74. The first kappa shape index (κ1) is 22.9.